The van der Waals surface area contributed by atoms with Gasteiger partial charge in [-0.05, 0) is 26.8 Å². The van der Waals surface area contributed by atoms with Gasteiger partial charge < -0.3 is 0 Å². The van der Waals surface area contributed by atoms with E-state index in [9.17, 15) is 0 Å². The summed E-state index contributed by atoms with van der Waals surface area (Å²) >= 11 is 0. The van der Waals surface area contributed by atoms with Gasteiger partial charge in [0.2, 0.25) is 0 Å². The highest BCUT2D eigenvalue weighted by molar-refractivity contribution is 5.32. The molecule has 15 heavy (non-hydrogen) atoms. The molecule has 0 radical (unpaired) electrons. The van der Waals surface area contributed by atoms with Gasteiger partial charge in [0, 0.05) is 18.3 Å². The van der Waals surface area contributed by atoms with Crippen LogP contribution in [0.4, 0.5) is 0 Å². The van der Waals surface area contributed by atoms with E-state index in [-0.39, 0.29) is 6.04 Å². The molecule has 1 heterocycles. The Balaban J connectivity index is 2.97. The predicted octanol–water partition coefficient (Wildman–Crippen LogP) is 1.60. The Labute approximate surface area is 90.9 Å². The fraction of sp³-hybridized carbons (Fsp3) is 0.636. The standard InChI is InChI=1S/C11H18N4/c1-5-6-13-10(7-12)11-8(2)14-15(4)9(11)3/h10,13H,5-6H2,1-4H3. The van der Waals surface area contributed by atoms with Crippen molar-refractivity contribution in [1.29, 1.82) is 5.26 Å². The van der Waals surface area contributed by atoms with Crippen molar-refractivity contribution < 1.29 is 0 Å². The smallest absolute Gasteiger partial charge is 0.124 e. The molecule has 0 amide bonds. The van der Waals surface area contributed by atoms with E-state index in [0.29, 0.717) is 0 Å². The highest BCUT2D eigenvalue weighted by Crippen LogP contribution is 2.20. The van der Waals surface area contributed by atoms with E-state index in [4.69, 9.17) is 5.26 Å². The van der Waals surface area contributed by atoms with Crippen LogP contribution in [0.25, 0.3) is 0 Å². The van der Waals surface area contributed by atoms with Gasteiger partial charge in [0.15, 0.2) is 0 Å². The second-order valence-corrected chi connectivity index (χ2v) is 3.72. The molecule has 0 aliphatic carbocycles. The summed E-state index contributed by atoms with van der Waals surface area (Å²) in [5, 5.41) is 16.6. The van der Waals surface area contributed by atoms with E-state index in [1.165, 1.54) is 0 Å². The molecule has 82 valence electrons. The summed E-state index contributed by atoms with van der Waals surface area (Å²) in [6.45, 7) is 6.88. The second-order valence-electron chi connectivity index (χ2n) is 3.72. The number of aromatic nitrogens is 2. The van der Waals surface area contributed by atoms with Gasteiger partial charge in [-0.2, -0.15) is 10.4 Å². The monoisotopic (exact) mass is 206 g/mol. The van der Waals surface area contributed by atoms with E-state index in [0.717, 1.165) is 29.9 Å². The van der Waals surface area contributed by atoms with Crippen molar-refractivity contribution in [1.82, 2.24) is 15.1 Å². The molecule has 1 unspecified atom stereocenters. The lowest BCUT2D eigenvalue weighted by molar-refractivity contribution is 0.615. The van der Waals surface area contributed by atoms with Crippen LogP contribution in [0.15, 0.2) is 0 Å². The topological polar surface area (TPSA) is 53.6 Å². The van der Waals surface area contributed by atoms with Crippen LogP contribution < -0.4 is 5.32 Å². The van der Waals surface area contributed by atoms with Crippen LogP contribution >= 0.6 is 0 Å². The Morgan fingerprint density at radius 3 is 2.60 bits per heavy atom. The molecule has 0 aliphatic heterocycles. The van der Waals surface area contributed by atoms with E-state index in [2.05, 4.69) is 23.4 Å². The molecular weight excluding hydrogens is 188 g/mol. The molecule has 1 N–H and O–H groups in total. The Hall–Kier alpha value is -1.34. The van der Waals surface area contributed by atoms with Gasteiger partial charge in [-0.15, -0.1) is 0 Å². The van der Waals surface area contributed by atoms with E-state index < -0.39 is 0 Å². The minimum Gasteiger partial charge on any atom is -0.298 e. The lowest BCUT2D eigenvalue weighted by atomic mass is 10.1. The second kappa shape index (κ2) is 4.94. The maximum Gasteiger partial charge on any atom is 0.124 e. The summed E-state index contributed by atoms with van der Waals surface area (Å²) in [6.07, 6.45) is 1.02. The summed E-state index contributed by atoms with van der Waals surface area (Å²) in [6, 6.07) is 2.05. The first-order valence-electron chi connectivity index (χ1n) is 5.24. The average Bonchev–Trinajstić information content (AvgIpc) is 2.45. The zero-order chi connectivity index (χ0) is 11.4. The molecule has 0 aliphatic rings. The Morgan fingerprint density at radius 1 is 1.53 bits per heavy atom. The third-order valence-corrected chi connectivity index (χ3v) is 2.58. The van der Waals surface area contributed by atoms with Crippen molar-refractivity contribution in [3.05, 3.63) is 17.0 Å². The fourth-order valence-corrected chi connectivity index (χ4v) is 1.71. The number of hydrogen-bond donors (Lipinski definition) is 1. The SMILES string of the molecule is CCCNC(C#N)c1c(C)nn(C)c1C. The van der Waals surface area contributed by atoms with Crippen molar-refractivity contribution >= 4 is 0 Å². The number of nitrogens with one attached hydrogen (secondary N) is 1. The van der Waals surface area contributed by atoms with Crippen LogP contribution in [0.5, 0.6) is 0 Å². The number of nitriles is 1. The van der Waals surface area contributed by atoms with Gasteiger partial charge in [0.1, 0.15) is 6.04 Å². The minimum absolute atomic E-state index is 0.237. The van der Waals surface area contributed by atoms with Crippen LogP contribution in [-0.2, 0) is 7.05 Å². The Bertz CT molecular complexity index is 373. The Morgan fingerprint density at radius 2 is 2.20 bits per heavy atom. The first-order chi connectivity index (χ1) is 7.11. The van der Waals surface area contributed by atoms with Gasteiger partial charge in [-0.25, -0.2) is 0 Å². The van der Waals surface area contributed by atoms with Crippen LogP contribution in [0, 0.1) is 25.2 Å². The van der Waals surface area contributed by atoms with Gasteiger partial charge >= 0.3 is 0 Å². The van der Waals surface area contributed by atoms with Crippen molar-refractivity contribution in [2.45, 2.75) is 33.2 Å². The van der Waals surface area contributed by atoms with E-state index >= 15 is 0 Å². The van der Waals surface area contributed by atoms with Gasteiger partial charge in [-0.3, -0.25) is 10.00 Å². The largest absolute Gasteiger partial charge is 0.298 e. The molecule has 0 aromatic carbocycles. The zero-order valence-corrected chi connectivity index (χ0v) is 9.83. The summed E-state index contributed by atoms with van der Waals surface area (Å²) in [5.74, 6) is 0. The molecule has 0 spiro atoms. The number of hydrogen-bond acceptors (Lipinski definition) is 3. The summed E-state index contributed by atoms with van der Waals surface area (Å²) in [7, 11) is 1.90. The normalized spacial score (nSPS) is 12.5. The van der Waals surface area contributed by atoms with E-state index in [1.807, 2.05) is 25.6 Å². The summed E-state index contributed by atoms with van der Waals surface area (Å²) in [4.78, 5) is 0. The average molecular weight is 206 g/mol. The molecular formula is C11H18N4. The van der Waals surface area contributed by atoms with Gasteiger partial charge in [0.25, 0.3) is 0 Å². The lowest BCUT2D eigenvalue weighted by Gasteiger charge is -2.11. The summed E-state index contributed by atoms with van der Waals surface area (Å²) in [5.41, 5.74) is 3.02. The number of aryl methyl sites for hydroxylation is 2. The quantitative estimate of drug-likeness (QED) is 0.814. The molecule has 0 fully saturated rings. The number of nitrogens with zero attached hydrogens (tertiary/aromatic N) is 3. The molecule has 1 atom stereocenters. The van der Waals surface area contributed by atoms with Crippen LogP contribution in [0.2, 0.25) is 0 Å². The van der Waals surface area contributed by atoms with Crippen LogP contribution in [0.1, 0.15) is 36.3 Å². The molecule has 4 heteroatoms. The van der Waals surface area contributed by atoms with Crippen molar-refractivity contribution in [2.24, 2.45) is 7.05 Å². The van der Waals surface area contributed by atoms with Crippen molar-refractivity contribution in [3.63, 3.8) is 0 Å². The zero-order valence-electron chi connectivity index (χ0n) is 9.83. The van der Waals surface area contributed by atoms with Crippen LogP contribution in [0.3, 0.4) is 0 Å². The Kier molecular flexibility index (Phi) is 3.87. The highest BCUT2D eigenvalue weighted by atomic mass is 15.3. The first kappa shape index (κ1) is 11.7. The third-order valence-electron chi connectivity index (χ3n) is 2.58. The molecule has 0 bridgehead atoms. The highest BCUT2D eigenvalue weighted by Gasteiger charge is 2.18. The van der Waals surface area contributed by atoms with Crippen LogP contribution in [-0.4, -0.2) is 16.3 Å². The number of rotatable bonds is 4. The molecule has 0 saturated heterocycles. The molecule has 0 saturated carbocycles. The van der Waals surface area contributed by atoms with Gasteiger partial charge in [-0.1, -0.05) is 6.92 Å². The molecule has 1 rings (SSSR count). The third kappa shape index (κ3) is 2.37. The van der Waals surface area contributed by atoms with Crippen molar-refractivity contribution in [2.75, 3.05) is 6.54 Å². The maximum atomic E-state index is 9.11. The van der Waals surface area contributed by atoms with Crippen molar-refractivity contribution in [3.8, 4) is 6.07 Å². The van der Waals surface area contributed by atoms with E-state index in [1.54, 1.807) is 0 Å². The van der Waals surface area contributed by atoms with Gasteiger partial charge in [0.05, 0.1) is 11.8 Å². The molecule has 1 aromatic heterocycles. The minimum atomic E-state index is -0.237. The first-order valence-corrected chi connectivity index (χ1v) is 5.24. The lowest BCUT2D eigenvalue weighted by Crippen LogP contribution is -2.21. The molecule has 1 aromatic rings. The fourth-order valence-electron chi connectivity index (χ4n) is 1.71. The maximum absolute atomic E-state index is 9.11. The predicted molar refractivity (Wildman–Crippen MR) is 59.3 cm³/mol. The molecule has 4 nitrogen and oxygen atoms in total. The summed E-state index contributed by atoms with van der Waals surface area (Å²) < 4.78 is 1.82.